The van der Waals surface area contributed by atoms with E-state index >= 15 is 0 Å². The minimum absolute atomic E-state index is 0.00177. The van der Waals surface area contributed by atoms with E-state index in [1.807, 2.05) is 31.2 Å². The van der Waals surface area contributed by atoms with Gasteiger partial charge in [-0.3, -0.25) is 9.59 Å². The number of piperidine rings is 1. The molecular formula is C19H24N4O3. The van der Waals surface area contributed by atoms with E-state index in [9.17, 15) is 9.59 Å². The zero-order valence-corrected chi connectivity index (χ0v) is 15.1. The van der Waals surface area contributed by atoms with Gasteiger partial charge in [0.15, 0.2) is 0 Å². The molecule has 138 valence electrons. The van der Waals surface area contributed by atoms with E-state index < -0.39 is 0 Å². The van der Waals surface area contributed by atoms with E-state index in [1.54, 1.807) is 18.0 Å². The van der Waals surface area contributed by atoms with Crippen molar-refractivity contribution in [2.45, 2.75) is 38.6 Å². The summed E-state index contributed by atoms with van der Waals surface area (Å²) < 4.78 is 6.95. The van der Waals surface area contributed by atoms with Crippen molar-refractivity contribution < 1.29 is 14.3 Å². The van der Waals surface area contributed by atoms with E-state index in [1.165, 1.54) is 0 Å². The number of methoxy groups -OCH3 is 1. The Hall–Kier alpha value is -2.83. The summed E-state index contributed by atoms with van der Waals surface area (Å²) in [5.74, 6) is 0.657. The third kappa shape index (κ3) is 3.87. The average molecular weight is 356 g/mol. The molecular weight excluding hydrogens is 332 g/mol. The Balaban J connectivity index is 1.72. The van der Waals surface area contributed by atoms with Crippen LogP contribution in [0, 0.1) is 0 Å². The van der Waals surface area contributed by atoms with E-state index in [0.717, 1.165) is 30.0 Å². The number of nitrogens with zero attached hydrogens (tertiary/aromatic N) is 2. The number of benzene rings is 1. The maximum Gasteiger partial charge on any atom is 0.254 e. The molecule has 26 heavy (non-hydrogen) atoms. The van der Waals surface area contributed by atoms with Gasteiger partial charge in [-0.1, -0.05) is 6.92 Å². The first kappa shape index (κ1) is 18.0. The lowest BCUT2D eigenvalue weighted by Gasteiger charge is -2.23. The molecule has 2 heterocycles. The fourth-order valence-corrected chi connectivity index (χ4v) is 3.19. The molecule has 1 aliphatic heterocycles. The first-order valence-corrected chi connectivity index (χ1v) is 8.91. The van der Waals surface area contributed by atoms with Gasteiger partial charge in [-0.15, -0.1) is 0 Å². The molecule has 1 saturated heterocycles. The van der Waals surface area contributed by atoms with Gasteiger partial charge in [0.1, 0.15) is 5.75 Å². The summed E-state index contributed by atoms with van der Waals surface area (Å²) >= 11 is 0. The summed E-state index contributed by atoms with van der Waals surface area (Å²) in [5.41, 5.74) is 2.28. The fraction of sp³-hybridized carbons (Fsp3) is 0.421. The van der Waals surface area contributed by atoms with Crippen molar-refractivity contribution in [3.8, 4) is 11.4 Å². The summed E-state index contributed by atoms with van der Waals surface area (Å²) in [7, 11) is 1.62. The van der Waals surface area contributed by atoms with Crippen LogP contribution in [0.3, 0.4) is 0 Å². The van der Waals surface area contributed by atoms with E-state index in [4.69, 9.17) is 4.74 Å². The van der Waals surface area contributed by atoms with Gasteiger partial charge >= 0.3 is 0 Å². The predicted octanol–water partition coefficient (Wildman–Crippen LogP) is 1.84. The van der Waals surface area contributed by atoms with Crippen LogP contribution in [-0.4, -0.2) is 41.3 Å². The SMILES string of the molecule is CCc1c(C(=O)NC[C@H]2CCCC(=O)N2)cnn1-c1ccc(OC)cc1. The first-order chi connectivity index (χ1) is 12.6. The molecule has 1 aromatic heterocycles. The van der Waals surface area contributed by atoms with Crippen molar-refractivity contribution in [1.29, 1.82) is 0 Å². The molecule has 0 unspecified atom stereocenters. The Morgan fingerprint density at radius 1 is 1.38 bits per heavy atom. The summed E-state index contributed by atoms with van der Waals surface area (Å²) in [6.07, 6.45) is 4.59. The van der Waals surface area contributed by atoms with E-state index in [-0.39, 0.29) is 17.9 Å². The number of carbonyl (C=O) groups excluding carboxylic acids is 2. The van der Waals surface area contributed by atoms with E-state index in [2.05, 4.69) is 15.7 Å². The largest absolute Gasteiger partial charge is 0.497 e. The second-order valence-corrected chi connectivity index (χ2v) is 6.34. The molecule has 2 amide bonds. The molecule has 0 spiro atoms. The van der Waals surface area contributed by atoms with Crippen LogP contribution < -0.4 is 15.4 Å². The Morgan fingerprint density at radius 2 is 2.15 bits per heavy atom. The van der Waals surface area contributed by atoms with Crippen LogP contribution in [0.4, 0.5) is 0 Å². The van der Waals surface area contributed by atoms with Crippen molar-refractivity contribution in [3.63, 3.8) is 0 Å². The first-order valence-electron chi connectivity index (χ1n) is 8.91. The lowest BCUT2D eigenvalue weighted by atomic mass is 10.0. The monoisotopic (exact) mass is 356 g/mol. The van der Waals surface area contributed by atoms with Crippen LogP contribution in [0.5, 0.6) is 5.75 Å². The van der Waals surface area contributed by atoms with Crippen LogP contribution in [0.25, 0.3) is 5.69 Å². The molecule has 1 atom stereocenters. The Morgan fingerprint density at radius 3 is 2.81 bits per heavy atom. The lowest BCUT2D eigenvalue weighted by Crippen LogP contribution is -2.46. The number of rotatable bonds is 6. The van der Waals surface area contributed by atoms with Crippen LogP contribution in [-0.2, 0) is 11.2 Å². The number of carbonyl (C=O) groups is 2. The van der Waals surface area contributed by atoms with Crippen LogP contribution in [0.2, 0.25) is 0 Å². The maximum absolute atomic E-state index is 12.6. The van der Waals surface area contributed by atoms with Crippen LogP contribution in [0.1, 0.15) is 42.2 Å². The van der Waals surface area contributed by atoms with Crippen molar-refractivity contribution in [2.75, 3.05) is 13.7 Å². The Kier molecular flexibility index (Phi) is 5.55. The molecule has 3 rings (SSSR count). The molecule has 1 aliphatic rings. The minimum atomic E-state index is -0.165. The van der Waals surface area contributed by atoms with Crippen molar-refractivity contribution >= 4 is 11.8 Å². The lowest BCUT2D eigenvalue weighted by molar-refractivity contribution is -0.123. The quantitative estimate of drug-likeness (QED) is 0.827. The van der Waals surface area contributed by atoms with E-state index in [0.29, 0.717) is 24.9 Å². The average Bonchev–Trinajstić information content (AvgIpc) is 3.10. The highest BCUT2D eigenvalue weighted by Gasteiger charge is 2.21. The highest BCUT2D eigenvalue weighted by atomic mass is 16.5. The van der Waals surface area contributed by atoms with Gasteiger partial charge in [-0.2, -0.15) is 5.10 Å². The zero-order chi connectivity index (χ0) is 18.5. The molecule has 0 bridgehead atoms. The second-order valence-electron chi connectivity index (χ2n) is 6.34. The molecule has 1 aromatic carbocycles. The topological polar surface area (TPSA) is 85.3 Å². The molecule has 7 heteroatoms. The van der Waals surface area contributed by atoms with Crippen molar-refractivity contribution in [2.24, 2.45) is 0 Å². The van der Waals surface area contributed by atoms with Gasteiger partial charge in [-0.05, 0) is 43.5 Å². The molecule has 2 N–H and O–H groups in total. The maximum atomic E-state index is 12.6. The predicted molar refractivity (Wildman–Crippen MR) is 97.6 cm³/mol. The standard InChI is InChI=1S/C19H24N4O3/c1-3-17-16(19(25)20-11-13-5-4-6-18(24)22-13)12-21-23(17)14-7-9-15(26-2)10-8-14/h7-10,12-13H,3-6,11H2,1-2H3,(H,20,25)(H,22,24)/t13-/m1/s1. The molecule has 2 aromatic rings. The van der Waals surface area contributed by atoms with Gasteiger partial charge in [-0.25, -0.2) is 4.68 Å². The molecule has 1 fully saturated rings. The number of hydrogen-bond donors (Lipinski definition) is 2. The summed E-state index contributed by atoms with van der Waals surface area (Å²) in [5, 5.41) is 10.2. The number of aromatic nitrogens is 2. The van der Waals surface area contributed by atoms with Crippen molar-refractivity contribution in [1.82, 2.24) is 20.4 Å². The number of ether oxygens (including phenoxy) is 1. The molecule has 0 aliphatic carbocycles. The normalized spacial score (nSPS) is 16.8. The van der Waals surface area contributed by atoms with Crippen LogP contribution >= 0.6 is 0 Å². The van der Waals surface area contributed by atoms with Crippen molar-refractivity contribution in [3.05, 3.63) is 41.7 Å². The fourth-order valence-electron chi connectivity index (χ4n) is 3.19. The smallest absolute Gasteiger partial charge is 0.254 e. The van der Waals surface area contributed by atoms with Gasteiger partial charge < -0.3 is 15.4 Å². The molecule has 0 saturated carbocycles. The number of hydrogen-bond acceptors (Lipinski definition) is 4. The zero-order valence-electron chi connectivity index (χ0n) is 15.1. The minimum Gasteiger partial charge on any atom is -0.497 e. The van der Waals surface area contributed by atoms with Gasteiger partial charge in [0.05, 0.1) is 30.3 Å². The van der Waals surface area contributed by atoms with Gasteiger partial charge in [0.2, 0.25) is 5.91 Å². The summed E-state index contributed by atoms with van der Waals surface area (Å²) in [6.45, 7) is 2.43. The second kappa shape index (κ2) is 8.03. The number of amides is 2. The summed E-state index contributed by atoms with van der Waals surface area (Å²) in [4.78, 5) is 24.0. The number of nitrogens with one attached hydrogen (secondary N) is 2. The molecule has 0 radical (unpaired) electrons. The Bertz CT molecular complexity index is 783. The highest BCUT2D eigenvalue weighted by Crippen LogP contribution is 2.19. The summed E-state index contributed by atoms with van der Waals surface area (Å²) in [6, 6.07) is 7.54. The van der Waals surface area contributed by atoms with Gasteiger partial charge in [0, 0.05) is 19.0 Å². The third-order valence-corrected chi connectivity index (χ3v) is 4.60. The Labute approximate surface area is 152 Å². The highest BCUT2D eigenvalue weighted by molar-refractivity contribution is 5.95. The van der Waals surface area contributed by atoms with Gasteiger partial charge in [0.25, 0.3) is 5.91 Å². The third-order valence-electron chi connectivity index (χ3n) is 4.60. The molecule has 7 nitrogen and oxygen atoms in total. The van der Waals surface area contributed by atoms with Crippen LogP contribution in [0.15, 0.2) is 30.5 Å².